The number of hydrogen-bond donors (Lipinski definition) is 2. The van der Waals surface area contributed by atoms with Crippen LogP contribution in [0.4, 0.5) is 0 Å². The Labute approximate surface area is 224 Å². The number of aromatic amines is 1. The third-order valence-electron chi connectivity index (χ3n) is 6.68. The molecule has 6 aromatic rings. The lowest BCUT2D eigenvalue weighted by molar-refractivity contribution is 0.0906. The van der Waals surface area contributed by atoms with Gasteiger partial charge in [0.15, 0.2) is 5.76 Å². The van der Waals surface area contributed by atoms with E-state index in [0.717, 1.165) is 44.6 Å². The van der Waals surface area contributed by atoms with Crippen LogP contribution in [0.1, 0.15) is 33.5 Å². The number of amides is 1. The summed E-state index contributed by atoms with van der Waals surface area (Å²) in [5, 5.41) is 4.94. The highest BCUT2D eigenvalue weighted by Crippen LogP contribution is 2.30. The molecule has 1 amide bonds. The van der Waals surface area contributed by atoms with E-state index in [-0.39, 0.29) is 11.7 Å². The number of halogens is 1. The van der Waals surface area contributed by atoms with E-state index in [9.17, 15) is 4.79 Å². The lowest BCUT2D eigenvalue weighted by atomic mass is 10.0. The highest BCUT2D eigenvalue weighted by molar-refractivity contribution is 6.30. The van der Waals surface area contributed by atoms with E-state index in [1.165, 1.54) is 6.26 Å². The summed E-state index contributed by atoms with van der Waals surface area (Å²) in [7, 11) is 1.64. The van der Waals surface area contributed by atoms with Gasteiger partial charge in [-0.25, -0.2) is 4.98 Å². The molecule has 0 saturated carbocycles. The lowest BCUT2D eigenvalue weighted by Crippen LogP contribution is -2.32. The number of nitrogens with zero attached hydrogens (tertiary/aromatic N) is 2. The van der Waals surface area contributed by atoms with Crippen LogP contribution in [-0.4, -0.2) is 27.6 Å². The van der Waals surface area contributed by atoms with Gasteiger partial charge >= 0.3 is 0 Å². The maximum absolute atomic E-state index is 13.2. The average molecular weight is 525 g/mol. The Bertz CT molecular complexity index is 1740. The van der Waals surface area contributed by atoms with Gasteiger partial charge in [-0.2, -0.15) is 0 Å². The molecule has 6 rings (SSSR count). The zero-order valence-corrected chi connectivity index (χ0v) is 21.4. The maximum Gasteiger partial charge on any atom is 0.287 e. The molecule has 7 nitrogen and oxygen atoms in total. The molecule has 8 heteroatoms. The van der Waals surface area contributed by atoms with Crippen LogP contribution >= 0.6 is 11.6 Å². The van der Waals surface area contributed by atoms with E-state index in [1.54, 1.807) is 19.2 Å². The van der Waals surface area contributed by atoms with Gasteiger partial charge in [-0.05, 0) is 53.6 Å². The molecule has 0 aliphatic rings. The number of carbonyl (C=O) groups is 1. The highest BCUT2D eigenvalue weighted by Gasteiger charge is 2.25. The van der Waals surface area contributed by atoms with Crippen LogP contribution in [0.5, 0.6) is 5.75 Å². The van der Waals surface area contributed by atoms with Gasteiger partial charge in [-0.15, -0.1) is 0 Å². The number of methoxy groups -OCH3 is 1. The minimum absolute atomic E-state index is 0.244. The summed E-state index contributed by atoms with van der Waals surface area (Å²) in [6, 6.07) is 24.5. The van der Waals surface area contributed by atoms with Crippen molar-refractivity contribution in [3.63, 3.8) is 0 Å². The lowest BCUT2D eigenvalue weighted by Gasteiger charge is -2.20. The van der Waals surface area contributed by atoms with Crippen molar-refractivity contribution in [2.45, 2.75) is 19.0 Å². The Morgan fingerprint density at radius 3 is 2.82 bits per heavy atom. The monoisotopic (exact) mass is 524 g/mol. The number of fused-ring (bicyclic) bond motifs is 2. The standard InChI is InChI=1S/C30H25ClN4O3/c1-37-22-11-12-25-27(16-22)35(18-19-6-4-7-21(31)14-19)29(33-25)26(34-30(36)28-10-5-13-38-28)15-20-17-32-24-9-3-2-8-23(20)24/h2-14,16-17,26,32H,15,18H2,1H3,(H,34,36). The van der Waals surface area contributed by atoms with Crippen molar-refractivity contribution in [1.82, 2.24) is 19.9 Å². The zero-order valence-electron chi connectivity index (χ0n) is 20.6. The first-order valence-electron chi connectivity index (χ1n) is 12.3. The minimum Gasteiger partial charge on any atom is -0.497 e. The Hall–Kier alpha value is -4.49. The van der Waals surface area contributed by atoms with Gasteiger partial charge in [-0.1, -0.05) is 41.9 Å². The first-order chi connectivity index (χ1) is 18.6. The molecular formula is C30H25ClN4O3. The number of carbonyl (C=O) groups excluding carboxylic acids is 1. The second kappa shape index (κ2) is 10.1. The van der Waals surface area contributed by atoms with E-state index in [4.69, 9.17) is 25.7 Å². The molecule has 0 bridgehead atoms. The molecule has 0 aliphatic carbocycles. The molecule has 2 N–H and O–H groups in total. The van der Waals surface area contributed by atoms with Crippen LogP contribution in [-0.2, 0) is 13.0 Å². The Kier molecular flexibility index (Phi) is 6.35. The number of aromatic nitrogens is 3. The topological polar surface area (TPSA) is 85.1 Å². The number of H-pyrrole nitrogens is 1. The minimum atomic E-state index is -0.454. The van der Waals surface area contributed by atoms with E-state index in [1.807, 2.05) is 66.9 Å². The molecule has 38 heavy (non-hydrogen) atoms. The number of para-hydroxylation sites is 1. The predicted molar refractivity (Wildman–Crippen MR) is 148 cm³/mol. The van der Waals surface area contributed by atoms with Crippen molar-refractivity contribution in [1.29, 1.82) is 0 Å². The first kappa shape index (κ1) is 23.9. The summed E-state index contributed by atoms with van der Waals surface area (Å²) >= 11 is 6.31. The largest absolute Gasteiger partial charge is 0.497 e. The van der Waals surface area contributed by atoms with Crippen molar-refractivity contribution in [2.24, 2.45) is 0 Å². The van der Waals surface area contributed by atoms with E-state index in [0.29, 0.717) is 18.0 Å². The number of rotatable bonds is 8. The number of furan rings is 1. The molecule has 1 unspecified atom stereocenters. The van der Waals surface area contributed by atoms with Gasteiger partial charge in [0.2, 0.25) is 0 Å². The molecule has 0 spiro atoms. The van der Waals surface area contributed by atoms with Crippen LogP contribution in [0.3, 0.4) is 0 Å². The normalized spacial score (nSPS) is 12.2. The Balaban J connectivity index is 1.49. The predicted octanol–water partition coefficient (Wildman–Crippen LogP) is 6.53. The Morgan fingerprint density at radius 2 is 2.00 bits per heavy atom. The second-order valence-corrected chi connectivity index (χ2v) is 9.54. The van der Waals surface area contributed by atoms with Gasteiger partial charge in [-0.3, -0.25) is 4.79 Å². The molecule has 0 saturated heterocycles. The SMILES string of the molecule is COc1ccc2nc(C(Cc3c[nH]c4ccccc34)NC(=O)c3ccco3)n(Cc3cccc(Cl)c3)c2c1. The fourth-order valence-corrected chi connectivity index (χ4v) is 5.08. The quantitative estimate of drug-likeness (QED) is 0.237. The van der Waals surface area contributed by atoms with E-state index >= 15 is 0 Å². The molecule has 0 radical (unpaired) electrons. The molecule has 3 heterocycles. The van der Waals surface area contributed by atoms with Crippen molar-refractivity contribution in [3.05, 3.63) is 119 Å². The summed E-state index contributed by atoms with van der Waals surface area (Å²) in [6.45, 7) is 0.514. The van der Waals surface area contributed by atoms with Crippen LogP contribution < -0.4 is 10.1 Å². The maximum atomic E-state index is 13.2. The Morgan fingerprint density at radius 1 is 1.11 bits per heavy atom. The van der Waals surface area contributed by atoms with Crippen LogP contribution in [0.2, 0.25) is 5.02 Å². The van der Waals surface area contributed by atoms with Crippen LogP contribution in [0, 0.1) is 0 Å². The van der Waals surface area contributed by atoms with Crippen molar-refractivity contribution >= 4 is 39.4 Å². The number of benzene rings is 3. The molecule has 0 fully saturated rings. The summed E-state index contributed by atoms with van der Waals surface area (Å²) in [5.41, 5.74) is 4.83. The molecular weight excluding hydrogens is 500 g/mol. The summed E-state index contributed by atoms with van der Waals surface area (Å²) in [4.78, 5) is 21.6. The van der Waals surface area contributed by atoms with E-state index < -0.39 is 6.04 Å². The molecule has 0 aliphatic heterocycles. The number of nitrogens with one attached hydrogen (secondary N) is 2. The van der Waals surface area contributed by atoms with Crippen LogP contribution in [0.15, 0.2) is 95.7 Å². The fourth-order valence-electron chi connectivity index (χ4n) is 4.86. The number of hydrogen-bond acceptors (Lipinski definition) is 4. The van der Waals surface area contributed by atoms with Crippen LogP contribution in [0.25, 0.3) is 21.9 Å². The zero-order chi connectivity index (χ0) is 26.1. The summed E-state index contributed by atoms with van der Waals surface area (Å²) in [5.74, 6) is 1.38. The first-order valence-corrected chi connectivity index (χ1v) is 12.6. The average Bonchev–Trinajstić information content (AvgIpc) is 3.68. The van der Waals surface area contributed by atoms with Gasteiger partial charge in [0.1, 0.15) is 11.6 Å². The summed E-state index contributed by atoms with van der Waals surface area (Å²) < 4.78 is 13.0. The highest BCUT2D eigenvalue weighted by atomic mass is 35.5. The molecule has 3 aromatic carbocycles. The third-order valence-corrected chi connectivity index (χ3v) is 6.91. The molecule has 190 valence electrons. The number of ether oxygens (including phenoxy) is 1. The summed E-state index contributed by atoms with van der Waals surface area (Å²) in [6.07, 6.45) is 4.00. The third kappa shape index (κ3) is 4.64. The second-order valence-electron chi connectivity index (χ2n) is 9.11. The fraction of sp³-hybridized carbons (Fsp3) is 0.133. The van der Waals surface area contributed by atoms with Crippen molar-refractivity contribution < 1.29 is 13.9 Å². The number of imidazole rings is 1. The smallest absolute Gasteiger partial charge is 0.287 e. The molecule has 1 atom stereocenters. The van der Waals surface area contributed by atoms with Gasteiger partial charge in [0, 0.05) is 41.2 Å². The van der Waals surface area contributed by atoms with Crippen molar-refractivity contribution in [3.8, 4) is 5.75 Å². The van der Waals surface area contributed by atoms with Gasteiger partial charge in [0.25, 0.3) is 5.91 Å². The van der Waals surface area contributed by atoms with Gasteiger partial charge in [0.05, 0.1) is 30.4 Å². The molecule has 3 aromatic heterocycles. The van der Waals surface area contributed by atoms with Crippen molar-refractivity contribution in [2.75, 3.05) is 7.11 Å². The van der Waals surface area contributed by atoms with E-state index in [2.05, 4.69) is 20.9 Å². The van der Waals surface area contributed by atoms with Gasteiger partial charge < -0.3 is 24.0 Å².